The molecule has 0 radical (unpaired) electrons. The lowest BCUT2D eigenvalue weighted by molar-refractivity contribution is -0.244. The number of carbonyl (C=O) groups is 1. The molecule has 222 valence electrons. The van der Waals surface area contributed by atoms with E-state index in [1.165, 1.54) is 4.90 Å². The maximum Gasteiger partial charge on any atom is 0.521 e. The maximum absolute atomic E-state index is 14.8. The van der Waals surface area contributed by atoms with Gasteiger partial charge in [-0.2, -0.15) is 23.4 Å². The van der Waals surface area contributed by atoms with Crippen LogP contribution >= 0.6 is 8.25 Å². The molecule has 0 aliphatic carbocycles. The molecule has 1 fully saturated rings. The van der Waals surface area contributed by atoms with Gasteiger partial charge in [0.05, 0.1) is 36.2 Å². The van der Waals surface area contributed by atoms with Crippen LogP contribution in [-0.2, 0) is 14.8 Å². The first-order valence-corrected chi connectivity index (χ1v) is 12.7. The summed E-state index contributed by atoms with van der Waals surface area (Å²) in [6.07, 6.45) is -1.30. The van der Waals surface area contributed by atoms with Crippen LogP contribution in [0.15, 0.2) is 24.5 Å². The van der Waals surface area contributed by atoms with E-state index in [1.807, 2.05) is 13.8 Å². The molecule has 0 spiro atoms. The van der Waals surface area contributed by atoms with Crippen LogP contribution in [0.5, 0.6) is 0 Å². The van der Waals surface area contributed by atoms with Gasteiger partial charge in [-0.15, -0.1) is 0 Å². The highest BCUT2D eigenvalue weighted by molar-refractivity contribution is 7.30. The van der Waals surface area contributed by atoms with Crippen LogP contribution in [0.25, 0.3) is 16.0 Å². The van der Waals surface area contributed by atoms with Gasteiger partial charge in [0.2, 0.25) is 6.54 Å². The average molecular weight is 605 g/mol. The Hall–Kier alpha value is -3.97. The van der Waals surface area contributed by atoms with Crippen molar-refractivity contribution in [2.45, 2.75) is 38.5 Å². The third-order valence-corrected chi connectivity index (χ3v) is 6.49. The van der Waals surface area contributed by atoms with E-state index in [0.717, 1.165) is 28.6 Å². The number of hydrogen-bond acceptors (Lipinski definition) is 8. The molecule has 1 aliphatic rings. The molecule has 3 aromatic rings. The second kappa shape index (κ2) is 12.3. The van der Waals surface area contributed by atoms with E-state index in [4.69, 9.17) is 21.3 Å². The number of hydrogen-bond donors (Lipinski definition) is 3. The highest BCUT2D eigenvalue weighted by Crippen LogP contribution is 2.37. The Morgan fingerprint density at radius 2 is 2.00 bits per heavy atom. The predicted molar refractivity (Wildman–Crippen MR) is 134 cm³/mol. The van der Waals surface area contributed by atoms with Crippen LogP contribution in [0.3, 0.4) is 0 Å². The molecule has 2 atom stereocenters. The number of H-pyrrole nitrogens is 1. The third-order valence-electron chi connectivity index (χ3n) is 6.36. The predicted octanol–water partition coefficient (Wildman–Crippen LogP) is 3.72. The summed E-state index contributed by atoms with van der Waals surface area (Å²) in [4.78, 5) is 26.0. The van der Waals surface area contributed by atoms with Crippen LogP contribution in [0, 0.1) is 32.1 Å². The van der Waals surface area contributed by atoms with Gasteiger partial charge in [0.1, 0.15) is 17.7 Å². The van der Waals surface area contributed by atoms with E-state index in [9.17, 15) is 26.7 Å². The van der Waals surface area contributed by atoms with Crippen molar-refractivity contribution in [3.05, 3.63) is 64.5 Å². The zero-order chi connectivity index (χ0) is 30.7. The molecular weight excluding hydrogens is 580 g/mol. The number of nitrogens with one attached hydrogen (secondary N) is 2. The molecule has 41 heavy (non-hydrogen) atoms. The summed E-state index contributed by atoms with van der Waals surface area (Å²) in [5, 5.41) is 20.2. The Bertz CT molecular complexity index is 1470. The summed E-state index contributed by atoms with van der Waals surface area (Å²) in [5.41, 5.74) is 1.53. The van der Waals surface area contributed by atoms with E-state index in [1.54, 1.807) is 22.4 Å². The zero-order valence-electron chi connectivity index (χ0n) is 21.7. The smallest absolute Gasteiger partial charge is 0.521 e. The van der Waals surface area contributed by atoms with Crippen LogP contribution < -0.4 is 15.1 Å². The van der Waals surface area contributed by atoms with Gasteiger partial charge in [-0.1, -0.05) is 0 Å². The number of anilines is 1. The number of halogens is 5. The zero-order valence-corrected chi connectivity index (χ0v) is 22.6. The summed E-state index contributed by atoms with van der Waals surface area (Å²) >= 11 is 0. The number of benzene rings is 1. The first-order valence-electron chi connectivity index (χ1n) is 11.6. The molecule has 0 bridgehead atoms. The fraction of sp³-hybridized carbons (Fsp3) is 0.391. The summed E-state index contributed by atoms with van der Waals surface area (Å²) < 4.78 is 80.9. The molecule has 0 saturated carbocycles. The number of amides is 1. The minimum atomic E-state index is -4.73. The topological polar surface area (TPSA) is 153 Å². The Kier molecular flexibility index (Phi) is 9.44. The van der Waals surface area contributed by atoms with Crippen molar-refractivity contribution >= 4 is 19.8 Å². The number of aryl methyl sites for hydroxylation is 2. The lowest BCUT2D eigenvalue weighted by Gasteiger charge is -2.48. The van der Waals surface area contributed by atoms with Crippen LogP contribution in [0.1, 0.15) is 30.1 Å². The van der Waals surface area contributed by atoms with Crippen molar-refractivity contribution in [1.29, 1.82) is 0 Å². The Balaban J connectivity index is 0.000000947. The number of nitrogens with zero attached hydrogens (tertiary/aromatic N) is 5. The van der Waals surface area contributed by atoms with Crippen LogP contribution in [0.2, 0.25) is 0 Å². The molecule has 3 heterocycles. The van der Waals surface area contributed by atoms with Crippen molar-refractivity contribution < 1.29 is 47.6 Å². The molecule has 1 aromatic carbocycles. The highest BCUT2D eigenvalue weighted by Gasteiger charge is 2.49. The highest BCUT2D eigenvalue weighted by atomic mass is 31.1. The van der Waals surface area contributed by atoms with Gasteiger partial charge in [0.15, 0.2) is 5.54 Å². The van der Waals surface area contributed by atoms with Gasteiger partial charge in [-0.05, 0) is 31.4 Å². The lowest BCUT2D eigenvalue weighted by atomic mass is 9.89. The molecule has 18 heteroatoms. The van der Waals surface area contributed by atoms with Gasteiger partial charge in [-0.3, -0.25) is 14.6 Å². The molecule has 1 aliphatic heterocycles. The maximum atomic E-state index is 14.8. The molecule has 1 amide bonds. The number of aromatic amines is 1. The number of carbonyl (C=O) groups excluding carboxylic acids is 1. The second-order valence-corrected chi connectivity index (χ2v) is 9.82. The monoisotopic (exact) mass is 605 g/mol. The number of alkyl halides is 3. The van der Waals surface area contributed by atoms with E-state index < -0.39 is 49.1 Å². The van der Waals surface area contributed by atoms with Crippen molar-refractivity contribution in [2.75, 3.05) is 24.5 Å². The van der Waals surface area contributed by atoms with Gasteiger partial charge < -0.3 is 20.0 Å². The Morgan fingerprint density at radius 3 is 2.51 bits per heavy atom. The summed E-state index contributed by atoms with van der Waals surface area (Å²) in [6, 6.07) is -0.879. The van der Waals surface area contributed by atoms with Gasteiger partial charge in [0.25, 0.3) is 5.91 Å². The molecule has 3 N–H and O–H groups in total. The van der Waals surface area contributed by atoms with Crippen LogP contribution in [0.4, 0.5) is 27.6 Å². The van der Waals surface area contributed by atoms with Gasteiger partial charge >= 0.3 is 14.4 Å². The number of rotatable bonds is 7. The fourth-order valence-corrected chi connectivity index (χ4v) is 4.30. The standard InChI is InChI=1S/C23H22F5N7O.HO4P.H2/c1-12-20(13(2)33-32-12)15-7-30-35(8-15)22(9-29-4)10-34(11-22)19-6-17(24)16(5-18(19)25)21(36)31-14(3)23(26,27)28;1-4-5(2)3;/h5-8,14H,9-11H2,1-3H3,(H,31,36)(H,32,33);1H;1H/t14-;;/m0../s1. The SMILES string of the molecule is O=[P+]([O-])OO.[C-]#[N+]CC1(n2cc(-c3c(C)n[nH]c3C)cn2)CN(c2cc(F)c(C(=O)N[C@@H](C)C(F)(F)F)cc2F)C1.[HH]. The van der Waals surface area contributed by atoms with E-state index >= 15 is 0 Å². The molecule has 2 aromatic heterocycles. The van der Waals surface area contributed by atoms with Crippen LogP contribution in [-0.4, -0.2) is 63.0 Å². The first-order chi connectivity index (χ1) is 19.1. The third kappa shape index (κ3) is 6.85. The number of aromatic nitrogens is 4. The average Bonchev–Trinajstić information content (AvgIpc) is 3.48. The van der Waals surface area contributed by atoms with Gasteiger partial charge in [-0.25, -0.2) is 20.6 Å². The van der Waals surface area contributed by atoms with Crippen molar-refractivity contribution in [1.82, 2.24) is 25.3 Å². The van der Waals surface area contributed by atoms with Crippen molar-refractivity contribution in [2.24, 2.45) is 0 Å². The fourth-order valence-electron chi connectivity index (χ4n) is 4.30. The quantitative estimate of drug-likeness (QED) is 0.121. The molecular formula is C23H25F5N7O5P. The largest absolute Gasteiger partial charge is 0.565 e. The summed E-state index contributed by atoms with van der Waals surface area (Å²) in [6.45, 7) is 12.1. The van der Waals surface area contributed by atoms with Crippen molar-refractivity contribution in [3.8, 4) is 11.1 Å². The molecule has 4 rings (SSSR count). The van der Waals surface area contributed by atoms with Gasteiger partial charge in [0, 0.05) is 35.2 Å². The summed E-state index contributed by atoms with van der Waals surface area (Å²) in [7, 11) is -3.04. The Morgan fingerprint density at radius 1 is 1.37 bits per heavy atom. The Labute approximate surface area is 231 Å². The molecule has 1 unspecified atom stereocenters. The molecule has 12 nitrogen and oxygen atoms in total. The second-order valence-electron chi connectivity index (χ2n) is 9.20. The summed E-state index contributed by atoms with van der Waals surface area (Å²) in [5.74, 6) is -3.50. The molecule has 1 saturated heterocycles. The normalized spacial score (nSPS) is 15.2. The van der Waals surface area contributed by atoms with E-state index in [0.29, 0.717) is 13.0 Å². The first kappa shape index (κ1) is 31.6. The van der Waals surface area contributed by atoms with Crippen molar-refractivity contribution in [3.63, 3.8) is 0 Å². The van der Waals surface area contributed by atoms with E-state index in [2.05, 4.69) is 24.8 Å². The minimum absolute atomic E-state index is 0. The lowest BCUT2D eigenvalue weighted by Crippen LogP contribution is -2.65. The van der Waals surface area contributed by atoms with E-state index in [-0.39, 0.29) is 26.7 Å². The minimum Gasteiger partial charge on any atom is -0.565 e.